The number of benzene rings is 1. The second-order valence-electron chi connectivity index (χ2n) is 4.99. The van der Waals surface area contributed by atoms with E-state index in [1.807, 2.05) is 18.2 Å². The quantitative estimate of drug-likeness (QED) is 0.621. The maximum atomic E-state index is 12.5. The third kappa shape index (κ3) is 1.88. The summed E-state index contributed by atoms with van der Waals surface area (Å²) in [6.07, 6.45) is 3.79. The fourth-order valence-corrected chi connectivity index (χ4v) is 3.75. The number of hydrogen-bond donors (Lipinski definition) is 0. The zero-order chi connectivity index (χ0) is 12.0. The highest BCUT2D eigenvalue weighted by molar-refractivity contribution is 14.1. The van der Waals surface area contributed by atoms with Crippen LogP contribution in [0.1, 0.15) is 29.6 Å². The van der Waals surface area contributed by atoms with Gasteiger partial charge < -0.3 is 4.74 Å². The summed E-state index contributed by atoms with van der Waals surface area (Å²) in [6.45, 7) is 0. The first-order valence-electron chi connectivity index (χ1n) is 6.10. The van der Waals surface area contributed by atoms with Crippen LogP contribution in [-0.4, -0.2) is 12.9 Å². The Morgan fingerprint density at radius 3 is 2.71 bits per heavy atom. The maximum Gasteiger partial charge on any atom is 0.170 e. The van der Waals surface area contributed by atoms with Gasteiger partial charge in [0.1, 0.15) is 5.75 Å². The normalized spacial score (nSPS) is 29.9. The number of Topliss-reactive ketones (excluding diaryl/α,β-unsaturated/α-hetero) is 1. The molecule has 0 heterocycles. The third-order valence-electron chi connectivity index (χ3n) is 4.14. The fraction of sp³-hybridized carbons (Fsp3) is 0.500. The third-order valence-corrected chi connectivity index (χ3v) is 4.81. The minimum Gasteiger partial charge on any atom is -0.496 e. The van der Waals surface area contributed by atoms with Crippen LogP contribution in [0, 0.1) is 21.3 Å². The van der Waals surface area contributed by atoms with Crippen molar-refractivity contribution in [3.8, 4) is 5.75 Å². The summed E-state index contributed by atoms with van der Waals surface area (Å²) >= 11 is 2.24. The van der Waals surface area contributed by atoms with Gasteiger partial charge in [-0.05, 0) is 65.5 Å². The van der Waals surface area contributed by atoms with Gasteiger partial charge in [-0.15, -0.1) is 0 Å². The van der Waals surface area contributed by atoms with Crippen molar-refractivity contribution in [2.24, 2.45) is 17.8 Å². The molecule has 2 nitrogen and oxygen atoms in total. The van der Waals surface area contributed by atoms with Crippen LogP contribution in [0.4, 0.5) is 0 Å². The van der Waals surface area contributed by atoms with E-state index in [9.17, 15) is 4.79 Å². The zero-order valence-corrected chi connectivity index (χ0v) is 11.9. The van der Waals surface area contributed by atoms with E-state index in [0.717, 1.165) is 14.9 Å². The summed E-state index contributed by atoms with van der Waals surface area (Å²) in [4.78, 5) is 12.5. The van der Waals surface area contributed by atoms with E-state index in [1.54, 1.807) is 7.11 Å². The Morgan fingerprint density at radius 2 is 2.06 bits per heavy atom. The van der Waals surface area contributed by atoms with Gasteiger partial charge in [-0.3, -0.25) is 4.79 Å². The minimum atomic E-state index is 0.288. The number of ketones is 1. The lowest BCUT2D eigenvalue weighted by atomic mass is 10.0. The molecule has 0 aliphatic heterocycles. The molecule has 90 valence electrons. The largest absolute Gasteiger partial charge is 0.496 e. The number of hydrogen-bond acceptors (Lipinski definition) is 2. The highest BCUT2D eigenvalue weighted by Crippen LogP contribution is 2.58. The number of halogens is 1. The molecule has 2 aliphatic carbocycles. The summed E-state index contributed by atoms with van der Waals surface area (Å²) < 4.78 is 6.39. The summed E-state index contributed by atoms with van der Waals surface area (Å²) in [5.41, 5.74) is 0.777. The smallest absolute Gasteiger partial charge is 0.170 e. The first-order chi connectivity index (χ1) is 8.22. The van der Waals surface area contributed by atoms with E-state index in [1.165, 1.54) is 19.3 Å². The number of fused-ring (bicyclic) bond motifs is 1. The van der Waals surface area contributed by atoms with Crippen molar-refractivity contribution in [1.82, 2.24) is 0 Å². The Morgan fingerprint density at radius 1 is 1.35 bits per heavy atom. The number of ether oxygens (including phenoxy) is 1. The molecule has 2 atom stereocenters. The van der Waals surface area contributed by atoms with Crippen LogP contribution in [-0.2, 0) is 0 Å². The molecule has 1 aromatic rings. The Hall–Kier alpha value is -0.580. The van der Waals surface area contributed by atoms with Crippen LogP contribution in [0.25, 0.3) is 0 Å². The van der Waals surface area contributed by atoms with Crippen LogP contribution in [0.15, 0.2) is 18.2 Å². The Bertz CT molecular complexity index is 459. The molecule has 17 heavy (non-hydrogen) atoms. The van der Waals surface area contributed by atoms with E-state index in [4.69, 9.17) is 4.74 Å². The molecule has 1 aromatic carbocycles. The number of carbonyl (C=O) groups is 1. The van der Waals surface area contributed by atoms with Crippen molar-refractivity contribution in [2.45, 2.75) is 19.3 Å². The van der Waals surface area contributed by atoms with Gasteiger partial charge in [0.2, 0.25) is 0 Å². The molecule has 2 fully saturated rings. The molecule has 3 heteroatoms. The van der Waals surface area contributed by atoms with Crippen LogP contribution in [0.2, 0.25) is 0 Å². The highest BCUT2D eigenvalue weighted by Gasteiger charge is 2.56. The Balaban J connectivity index is 1.88. The SMILES string of the molecule is COc1ccc(I)cc1C(=O)C1C2CCCC21. The van der Waals surface area contributed by atoms with Crippen molar-refractivity contribution in [1.29, 1.82) is 0 Å². The average molecular weight is 342 g/mol. The summed E-state index contributed by atoms with van der Waals surface area (Å²) in [6, 6.07) is 5.83. The van der Waals surface area contributed by atoms with E-state index < -0.39 is 0 Å². The predicted molar refractivity (Wildman–Crippen MR) is 74.4 cm³/mol. The van der Waals surface area contributed by atoms with Crippen LogP contribution < -0.4 is 4.74 Å². The van der Waals surface area contributed by atoms with Gasteiger partial charge in [0, 0.05) is 9.49 Å². The highest BCUT2D eigenvalue weighted by atomic mass is 127. The van der Waals surface area contributed by atoms with Crippen molar-refractivity contribution in [3.63, 3.8) is 0 Å². The minimum absolute atomic E-state index is 0.288. The van der Waals surface area contributed by atoms with Crippen LogP contribution >= 0.6 is 22.6 Å². The first kappa shape index (κ1) is 11.5. The fourth-order valence-electron chi connectivity index (χ4n) is 3.26. The van der Waals surface area contributed by atoms with Crippen LogP contribution in [0.5, 0.6) is 5.75 Å². The topological polar surface area (TPSA) is 26.3 Å². The Labute approximate surface area is 115 Å². The molecule has 2 aliphatic rings. The van der Waals surface area contributed by atoms with Gasteiger partial charge in [-0.2, -0.15) is 0 Å². The second kappa shape index (κ2) is 4.26. The first-order valence-corrected chi connectivity index (χ1v) is 7.18. The van der Waals surface area contributed by atoms with Crippen molar-refractivity contribution >= 4 is 28.4 Å². The van der Waals surface area contributed by atoms with Crippen molar-refractivity contribution in [3.05, 3.63) is 27.3 Å². The lowest BCUT2D eigenvalue weighted by Gasteiger charge is -2.09. The summed E-state index contributed by atoms with van der Waals surface area (Å²) in [5, 5.41) is 0. The molecule has 2 saturated carbocycles. The van der Waals surface area contributed by atoms with Gasteiger partial charge >= 0.3 is 0 Å². The lowest BCUT2D eigenvalue weighted by molar-refractivity contribution is 0.0948. The molecule has 0 spiro atoms. The molecule has 0 bridgehead atoms. The number of methoxy groups -OCH3 is 1. The molecular weight excluding hydrogens is 327 g/mol. The van der Waals surface area contributed by atoms with Crippen LogP contribution in [0.3, 0.4) is 0 Å². The predicted octanol–water partition coefficient (Wildman–Crippen LogP) is 3.53. The summed E-state index contributed by atoms with van der Waals surface area (Å²) in [5.74, 6) is 2.65. The Kier molecular flexibility index (Phi) is 2.89. The lowest BCUT2D eigenvalue weighted by Crippen LogP contribution is -2.08. The number of carbonyl (C=O) groups excluding carboxylic acids is 1. The average Bonchev–Trinajstić information content (AvgIpc) is 2.81. The van der Waals surface area contributed by atoms with Gasteiger partial charge in [0.05, 0.1) is 12.7 Å². The number of rotatable bonds is 3. The van der Waals surface area contributed by atoms with Crippen molar-refractivity contribution < 1.29 is 9.53 Å². The molecule has 0 radical (unpaired) electrons. The van der Waals surface area contributed by atoms with E-state index in [0.29, 0.717) is 17.6 Å². The standard InChI is InChI=1S/C14H15IO2/c1-17-12-6-5-8(15)7-11(12)14(16)13-9-3-2-4-10(9)13/h5-7,9-10,13H,2-4H2,1H3. The van der Waals surface area contributed by atoms with Gasteiger partial charge in [-0.25, -0.2) is 0 Å². The van der Waals surface area contributed by atoms with Gasteiger partial charge in [0.15, 0.2) is 5.78 Å². The molecule has 0 aromatic heterocycles. The van der Waals surface area contributed by atoms with Gasteiger partial charge in [-0.1, -0.05) is 6.42 Å². The van der Waals surface area contributed by atoms with Crippen molar-refractivity contribution in [2.75, 3.05) is 7.11 Å². The molecule has 0 N–H and O–H groups in total. The zero-order valence-electron chi connectivity index (χ0n) is 9.78. The van der Waals surface area contributed by atoms with E-state index in [-0.39, 0.29) is 5.92 Å². The maximum absolute atomic E-state index is 12.5. The summed E-state index contributed by atoms with van der Waals surface area (Å²) in [7, 11) is 1.63. The monoisotopic (exact) mass is 342 g/mol. The molecule has 3 rings (SSSR count). The second-order valence-corrected chi connectivity index (χ2v) is 6.24. The van der Waals surface area contributed by atoms with Gasteiger partial charge in [0.25, 0.3) is 0 Å². The molecular formula is C14H15IO2. The molecule has 0 saturated heterocycles. The van der Waals surface area contributed by atoms with E-state index >= 15 is 0 Å². The molecule has 2 unspecified atom stereocenters. The van der Waals surface area contributed by atoms with E-state index in [2.05, 4.69) is 22.6 Å². The molecule has 0 amide bonds.